The van der Waals surface area contributed by atoms with E-state index in [2.05, 4.69) is 42.4 Å². The lowest BCUT2D eigenvalue weighted by Gasteiger charge is -2.36. The molecule has 2 aliphatic heterocycles. The molecule has 0 aromatic heterocycles. The predicted molar refractivity (Wildman–Crippen MR) is 102 cm³/mol. The number of benzene rings is 2. The molecule has 1 fully saturated rings. The van der Waals surface area contributed by atoms with Gasteiger partial charge in [-0.05, 0) is 63.2 Å². The Morgan fingerprint density at radius 1 is 1.12 bits per heavy atom. The van der Waals surface area contributed by atoms with Crippen molar-refractivity contribution in [2.45, 2.75) is 32.2 Å². The van der Waals surface area contributed by atoms with Crippen LogP contribution in [0.4, 0.5) is 16.2 Å². The first-order chi connectivity index (χ1) is 12.0. The lowest BCUT2D eigenvalue weighted by molar-refractivity contribution is 0.224. The lowest BCUT2D eigenvalue weighted by atomic mass is 9.89. The minimum absolute atomic E-state index is 0.0206. The van der Waals surface area contributed by atoms with Crippen molar-refractivity contribution in [3.05, 3.63) is 59.2 Å². The molecule has 2 heterocycles. The van der Waals surface area contributed by atoms with Gasteiger partial charge >= 0.3 is 6.03 Å². The Kier molecular flexibility index (Phi) is 4.00. The maximum Gasteiger partial charge on any atom is 0.326 e. The van der Waals surface area contributed by atoms with Crippen molar-refractivity contribution < 1.29 is 4.79 Å². The molecule has 0 unspecified atom stereocenters. The summed E-state index contributed by atoms with van der Waals surface area (Å²) < 4.78 is 0. The van der Waals surface area contributed by atoms with Gasteiger partial charge in [-0.15, -0.1) is 0 Å². The second-order valence-electron chi connectivity index (χ2n) is 7.46. The van der Waals surface area contributed by atoms with Crippen molar-refractivity contribution in [2.75, 3.05) is 30.4 Å². The molecule has 0 spiro atoms. The van der Waals surface area contributed by atoms with Crippen molar-refractivity contribution in [2.24, 2.45) is 0 Å². The highest BCUT2D eigenvalue weighted by Crippen LogP contribution is 2.45. The summed E-state index contributed by atoms with van der Waals surface area (Å²) in [4.78, 5) is 17.5. The van der Waals surface area contributed by atoms with Crippen LogP contribution in [0, 0.1) is 13.8 Å². The molecular formula is C21H25N3O. The van der Waals surface area contributed by atoms with Crippen LogP contribution in [0.3, 0.4) is 0 Å². The van der Waals surface area contributed by atoms with E-state index in [9.17, 15) is 4.79 Å². The number of amides is 2. The molecule has 1 N–H and O–H groups in total. The van der Waals surface area contributed by atoms with Crippen molar-refractivity contribution >= 4 is 17.4 Å². The van der Waals surface area contributed by atoms with Crippen molar-refractivity contribution in [1.29, 1.82) is 0 Å². The highest BCUT2D eigenvalue weighted by molar-refractivity contribution is 6.04. The van der Waals surface area contributed by atoms with E-state index in [1.54, 1.807) is 0 Å². The molecule has 0 bridgehead atoms. The molecule has 2 aromatic carbocycles. The van der Waals surface area contributed by atoms with Crippen LogP contribution in [0.1, 0.15) is 29.0 Å². The van der Waals surface area contributed by atoms with Gasteiger partial charge < -0.3 is 10.2 Å². The predicted octanol–water partition coefficient (Wildman–Crippen LogP) is 4.14. The van der Waals surface area contributed by atoms with Gasteiger partial charge in [0, 0.05) is 29.9 Å². The third-order valence-corrected chi connectivity index (χ3v) is 5.44. The second kappa shape index (κ2) is 6.19. The average Bonchev–Trinajstić information content (AvgIpc) is 2.88. The van der Waals surface area contributed by atoms with E-state index in [0.717, 1.165) is 36.4 Å². The normalized spacial score (nSPS) is 22.4. The highest BCUT2D eigenvalue weighted by Gasteiger charge is 2.43. The van der Waals surface area contributed by atoms with Crippen molar-refractivity contribution in [3.63, 3.8) is 0 Å². The maximum absolute atomic E-state index is 13.1. The van der Waals surface area contributed by atoms with Gasteiger partial charge in [-0.1, -0.05) is 29.8 Å². The Morgan fingerprint density at radius 3 is 2.72 bits per heavy atom. The first-order valence-corrected chi connectivity index (χ1v) is 8.99. The summed E-state index contributed by atoms with van der Waals surface area (Å²) in [6, 6.07) is 14.7. The topological polar surface area (TPSA) is 35.6 Å². The summed E-state index contributed by atoms with van der Waals surface area (Å²) in [6.07, 6.45) is 1.01. The molecule has 4 rings (SSSR count). The zero-order chi connectivity index (χ0) is 17.6. The number of piperidine rings is 1. The van der Waals surface area contributed by atoms with Crippen LogP contribution in [0.15, 0.2) is 42.5 Å². The molecule has 1 saturated heterocycles. The molecule has 4 heteroatoms. The molecule has 2 aromatic rings. The van der Waals surface area contributed by atoms with Gasteiger partial charge in [0.25, 0.3) is 0 Å². The van der Waals surface area contributed by atoms with Gasteiger partial charge in [0.2, 0.25) is 0 Å². The zero-order valence-corrected chi connectivity index (χ0v) is 15.1. The number of rotatable bonds is 1. The SMILES string of the molecule is Cc1cccc(NC(=O)N2c3ccc(C)cc3[C@@H]3CN(C)CC[C@H]32)c1. The average molecular weight is 335 g/mol. The molecule has 0 saturated carbocycles. The van der Waals surface area contributed by atoms with Crippen LogP contribution < -0.4 is 10.2 Å². The van der Waals surface area contributed by atoms with E-state index in [4.69, 9.17) is 0 Å². The zero-order valence-electron chi connectivity index (χ0n) is 15.1. The van der Waals surface area contributed by atoms with E-state index >= 15 is 0 Å². The minimum atomic E-state index is -0.0206. The number of carbonyl (C=O) groups excluding carboxylic acids is 1. The van der Waals surface area contributed by atoms with Crippen molar-refractivity contribution in [1.82, 2.24) is 4.90 Å². The van der Waals surface area contributed by atoms with Crippen molar-refractivity contribution in [3.8, 4) is 0 Å². The van der Waals surface area contributed by atoms with Crippen LogP contribution in [0.5, 0.6) is 0 Å². The molecule has 0 radical (unpaired) electrons. The fourth-order valence-electron chi connectivity index (χ4n) is 4.25. The van der Waals surface area contributed by atoms with E-state index in [-0.39, 0.29) is 12.1 Å². The largest absolute Gasteiger partial charge is 0.326 e. The molecule has 2 amide bonds. The van der Waals surface area contributed by atoms with Gasteiger partial charge in [-0.25, -0.2) is 4.79 Å². The quantitative estimate of drug-likeness (QED) is 0.850. The summed E-state index contributed by atoms with van der Waals surface area (Å²) in [5, 5.41) is 3.10. The van der Waals surface area contributed by atoms with Crippen LogP contribution >= 0.6 is 0 Å². The summed E-state index contributed by atoms with van der Waals surface area (Å²) in [5.41, 5.74) is 5.64. The minimum Gasteiger partial charge on any atom is -0.308 e. The van der Waals surface area contributed by atoms with Gasteiger partial charge in [-0.3, -0.25) is 4.90 Å². The van der Waals surface area contributed by atoms with E-state index < -0.39 is 0 Å². The van der Waals surface area contributed by atoms with Gasteiger partial charge in [0.15, 0.2) is 0 Å². The van der Waals surface area contributed by atoms with Gasteiger partial charge in [0.1, 0.15) is 0 Å². The number of likely N-dealkylation sites (tertiary alicyclic amines) is 1. The number of fused-ring (bicyclic) bond motifs is 3. The standard InChI is InChI=1S/C21H25N3O/c1-14-5-4-6-16(11-14)22-21(25)24-19-8-7-15(2)12-17(19)18-13-23(3)10-9-20(18)24/h4-8,11-12,18,20H,9-10,13H2,1-3H3,(H,22,25)/t18-,20+/m0/s1. The number of nitrogens with one attached hydrogen (secondary N) is 1. The Balaban J connectivity index is 1.67. The molecular weight excluding hydrogens is 310 g/mol. The summed E-state index contributed by atoms with van der Waals surface area (Å²) >= 11 is 0. The number of nitrogens with zero attached hydrogens (tertiary/aromatic N) is 2. The Hall–Kier alpha value is -2.33. The number of anilines is 2. The van der Waals surface area contributed by atoms with Crippen LogP contribution in [0.25, 0.3) is 0 Å². The van der Waals surface area contributed by atoms with Crippen LogP contribution in [0.2, 0.25) is 0 Å². The molecule has 0 aliphatic carbocycles. The summed E-state index contributed by atoms with van der Waals surface area (Å²) in [6.45, 7) is 6.20. The van der Waals surface area contributed by atoms with Crippen LogP contribution in [-0.2, 0) is 0 Å². The summed E-state index contributed by atoms with van der Waals surface area (Å²) in [5.74, 6) is 0.400. The first kappa shape index (κ1) is 16.2. The fourth-order valence-corrected chi connectivity index (χ4v) is 4.25. The van der Waals surface area contributed by atoms with E-state index in [0.29, 0.717) is 5.92 Å². The smallest absolute Gasteiger partial charge is 0.308 e. The fraction of sp³-hybridized carbons (Fsp3) is 0.381. The number of likely N-dealkylation sites (N-methyl/N-ethyl adjacent to an activating group) is 1. The van der Waals surface area contributed by atoms with E-state index in [1.165, 1.54) is 11.1 Å². The molecule has 4 nitrogen and oxygen atoms in total. The van der Waals surface area contributed by atoms with Crippen LogP contribution in [-0.4, -0.2) is 37.1 Å². The monoisotopic (exact) mass is 335 g/mol. The third kappa shape index (κ3) is 2.91. The maximum atomic E-state index is 13.1. The third-order valence-electron chi connectivity index (χ3n) is 5.44. The first-order valence-electron chi connectivity index (χ1n) is 8.99. The molecule has 2 aliphatic rings. The number of aryl methyl sites for hydroxylation is 2. The van der Waals surface area contributed by atoms with E-state index in [1.807, 2.05) is 36.1 Å². The van der Waals surface area contributed by atoms with Gasteiger partial charge in [0.05, 0.1) is 0 Å². The van der Waals surface area contributed by atoms with Gasteiger partial charge in [-0.2, -0.15) is 0 Å². The Morgan fingerprint density at radius 2 is 1.92 bits per heavy atom. The Labute approximate surface area is 149 Å². The number of carbonyl (C=O) groups is 1. The number of hydrogen-bond donors (Lipinski definition) is 1. The highest BCUT2D eigenvalue weighted by atomic mass is 16.2. The second-order valence-corrected chi connectivity index (χ2v) is 7.46. The molecule has 25 heavy (non-hydrogen) atoms. The Bertz CT molecular complexity index is 817. The lowest BCUT2D eigenvalue weighted by Crippen LogP contribution is -2.48. The number of urea groups is 1. The summed E-state index contributed by atoms with van der Waals surface area (Å²) in [7, 11) is 2.17. The molecule has 2 atom stereocenters. The molecule has 130 valence electrons. The number of hydrogen-bond acceptors (Lipinski definition) is 2.